The van der Waals surface area contributed by atoms with Crippen LogP contribution in [0.15, 0.2) is 54.9 Å². The van der Waals surface area contributed by atoms with E-state index in [1.165, 1.54) is 12.8 Å². The van der Waals surface area contributed by atoms with Crippen molar-refractivity contribution >= 4 is 22.5 Å². The third kappa shape index (κ3) is 3.60. The summed E-state index contributed by atoms with van der Waals surface area (Å²) in [7, 11) is 0. The number of H-pyrrole nitrogens is 1. The molecule has 0 saturated heterocycles. The Labute approximate surface area is 167 Å². The van der Waals surface area contributed by atoms with Gasteiger partial charge in [-0.2, -0.15) is 10.4 Å². The molecule has 5 rings (SSSR count). The molecule has 2 heterocycles. The molecular weight excluding hydrogens is 364 g/mol. The van der Waals surface area contributed by atoms with Crippen LogP contribution in [0.2, 0.25) is 0 Å². The molecule has 1 saturated carbocycles. The van der Waals surface area contributed by atoms with Crippen molar-refractivity contribution in [2.24, 2.45) is 5.92 Å². The maximum Gasteiger partial charge on any atom is 0.227 e. The van der Waals surface area contributed by atoms with E-state index >= 15 is 0 Å². The quantitative estimate of drug-likeness (QED) is 0.512. The highest BCUT2D eigenvalue weighted by atomic mass is 16.5. The van der Waals surface area contributed by atoms with E-state index in [1.807, 2.05) is 30.3 Å². The zero-order valence-electron chi connectivity index (χ0n) is 15.6. The summed E-state index contributed by atoms with van der Waals surface area (Å²) < 4.78 is 5.93. The van der Waals surface area contributed by atoms with Crippen LogP contribution in [-0.2, 0) is 0 Å². The molecule has 2 aromatic carbocycles. The van der Waals surface area contributed by atoms with Gasteiger partial charge >= 0.3 is 0 Å². The van der Waals surface area contributed by atoms with Crippen molar-refractivity contribution in [1.29, 1.82) is 5.26 Å². The van der Waals surface area contributed by atoms with Crippen molar-refractivity contribution in [3.05, 3.63) is 60.4 Å². The van der Waals surface area contributed by atoms with Crippen LogP contribution in [0.5, 0.6) is 5.75 Å². The molecule has 7 nitrogen and oxygen atoms in total. The third-order valence-electron chi connectivity index (χ3n) is 4.91. The molecule has 0 radical (unpaired) electrons. The highest BCUT2D eigenvalue weighted by Crippen LogP contribution is 2.35. The van der Waals surface area contributed by atoms with E-state index in [9.17, 15) is 5.26 Å². The molecule has 1 aliphatic rings. The molecular formula is C22H18N6O. The number of fused-ring (bicyclic) bond motifs is 1. The minimum atomic E-state index is 0.519. The van der Waals surface area contributed by atoms with E-state index in [1.54, 1.807) is 24.5 Å². The van der Waals surface area contributed by atoms with Crippen LogP contribution in [0.25, 0.3) is 22.2 Å². The number of ether oxygens (including phenoxy) is 1. The lowest BCUT2D eigenvalue weighted by molar-refractivity contribution is 0.299. The average molecular weight is 382 g/mol. The first-order valence-corrected chi connectivity index (χ1v) is 9.49. The van der Waals surface area contributed by atoms with Gasteiger partial charge in [-0.15, -0.1) is 0 Å². The van der Waals surface area contributed by atoms with E-state index in [0.29, 0.717) is 29.8 Å². The van der Waals surface area contributed by atoms with Crippen LogP contribution in [0, 0.1) is 17.2 Å². The second-order valence-electron chi connectivity index (χ2n) is 7.11. The van der Waals surface area contributed by atoms with Gasteiger partial charge in [0.2, 0.25) is 5.95 Å². The topological polar surface area (TPSA) is 99.5 Å². The highest BCUT2D eigenvalue weighted by Gasteiger charge is 2.23. The lowest BCUT2D eigenvalue weighted by atomic mass is 10.0. The Morgan fingerprint density at radius 3 is 2.79 bits per heavy atom. The van der Waals surface area contributed by atoms with Gasteiger partial charge in [-0.05, 0) is 49.1 Å². The monoisotopic (exact) mass is 382 g/mol. The summed E-state index contributed by atoms with van der Waals surface area (Å²) in [6.07, 6.45) is 5.78. The van der Waals surface area contributed by atoms with Gasteiger partial charge in [0.1, 0.15) is 17.5 Å². The molecule has 29 heavy (non-hydrogen) atoms. The Bertz CT molecular complexity index is 1210. The molecule has 0 spiro atoms. The lowest BCUT2D eigenvalue weighted by Gasteiger charge is -2.08. The van der Waals surface area contributed by atoms with E-state index < -0.39 is 0 Å². The second-order valence-corrected chi connectivity index (χ2v) is 7.11. The van der Waals surface area contributed by atoms with Crippen LogP contribution < -0.4 is 10.1 Å². The number of rotatable bonds is 6. The van der Waals surface area contributed by atoms with Gasteiger partial charge in [-0.3, -0.25) is 5.10 Å². The number of nitriles is 1. The first-order valence-electron chi connectivity index (χ1n) is 9.49. The largest absolute Gasteiger partial charge is 0.492 e. The van der Waals surface area contributed by atoms with Crippen molar-refractivity contribution in [3.63, 3.8) is 0 Å². The molecule has 4 aromatic rings. The van der Waals surface area contributed by atoms with Gasteiger partial charge in [0, 0.05) is 29.0 Å². The summed E-state index contributed by atoms with van der Waals surface area (Å²) in [5, 5.41) is 21.1. The lowest BCUT2D eigenvalue weighted by Crippen LogP contribution is -2.00. The van der Waals surface area contributed by atoms with Crippen LogP contribution in [0.3, 0.4) is 0 Å². The van der Waals surface area contributed by atoms with Crippen molar-refractivity contribution in [3.8, 4) is 23.1 Å². The van der Waals surface area contributed by atoms with Gasteiger partial charge in [-0.1, -0.05) is 12.1 Å². The maximum atomic E-state index is 9.47. The van der Waals surface area contributed by atoms with Gasteiger partial charge in [0.25, 0.3) is 0 Å². The molecule has 1 fully saturated rings. The number of hydrogen-bond acceptors (Lipinski definition) is 6. The summed E-state index contributed by atoms with van der Waals surface area (Å²) >= 11 is 0. The summed E-state index contributed by atoms with van der Waals surface area (Å²) in [6.45, 7) is 0.657. The zero-order valence-corrected chi connectivity index (χ0v) is 15.6. The van der Waals surface area contributed by atoms with Crippen molar-refractivity contribution in [2.75, 3.05) is 11.9 Å². The molecule has 0 aliphatic heterocycles. The smallest absolute Gasteiger partial charge is 0.227 e. The Hall–Kier alpha value is -3.92. The summed E-state index contributed by atoms with van der Waals surface area (Å²) in [5.41, 5.74) is 3.93. The van der Waals surface area contributed by atoms with Crippen molar-refractivity contribution in [1.82, 2.24) is 20.2 Å². The van der Waals surface area contributed by atoms with E-state index in [0.717, 1.165) is 27.8 Å². The second kappa shape index (κ2) is 7.24. The maximum absolute atomic E-state index is 9.47. The minimum Gasteiger partial charge on any atom is -0.492 e. The number of anilines is 2. The Morgan fingerprint density at radius 1 is 1.14 bits per heavy atom. The summed E-state index contributed by atoms with van der Waals surface area (Å²) in [4.78, 5) is 8.39. The number of nitrogens with one attached hydrogen (secondary N) is 2. The zero-order chi connectivity index (χ0) is 19.6. The number of benzene rings is 2. The SMILES string of the molecule is N#Cc1cc2[nH]nc(-c3cccc(Nc4ncccn4)c3)c2cc1OCC1CC1. The van der Waals surface area contributed by atoms with Gasteiger partial charge < -0.3 is 10.1 Å². The number of hydrogen-bond donors (Lipinski definition) is 2. The Kier molecular flexibility index (Phi) is 4.30. The predicted molar refractivity (Wildman–Crippen MR) is 110 cm³/mol. The first kappa shape index (κ1) is 17.2. The fourth-order valence-electron chi connectivity index (χ4n) is 3.20. The molecule has 0 amide bonds. The van der Waals surface area contributed by atoms with Crippen LogP contribution in [0.4, 0.5) is 11.6 Å². The average Bonchev–Trinajstić information content (AvgIpc) is 3.50. The van der Waals surface area contributed by atoms with Crippen LogP contribution in [0.1, 0.15) is 18.4 Å². The third-order valence-corrected chi connectivity index (χ3v) is 4.91. The Morgan fingerprint density at radius 2 is 2.00 bits per heavy atom. The fraction of sp³-hybridized carbons (Fsp3) is 0.182. The normalized spacial score (nSPS) is 13.2. The molecule has 7 heteroatoms. The van der Waals surface area contributed by atoms with E-state index in [-0.39, 0.29) is 0 Å². The minimum absolute atomic E-state index is 0.519. The highest BCUT2D eigenvalue weighted by molar-refractivity contribution is 5.95. The number of nitrogens with zero attached hydrogens (tertiary/aromatic N) is 4. The van der Waals surface area contributed by atoms with Gasteiger partial charge in [0.15, 0.2) is 0 Å². The van der Waals surface area contributed by atoms with Crippen molar-refractivity contribution < 1.29 is 4.74 Å². The molecule has 0 atom stereocenters. The standard InChI is InChI=1S/C22H18N6O/c23-12-16-10-19-18(11-20(16)29-13-14-5-6-14)21(28-27-19)15-3-1-4-17(9-15)26-22-24-7-2-8-25-22/h1-4,7-11,14H,5-6,13H2,(H,27,28)(H,24,25,26). The fourth-order valence-corrected chi connectivity index (χ4v) is 3.20. The number of aromatic nitrogens is 4. The van der Waals surface area contributed by atoms with Gasteiger partial charge in [-0.25, -0.2) is 9.97 Å². The first-order chi connectivity index (χ1) is 14.3. The van der Waals surface area contributed by atoms with E-state index in [2.05, 4.69) is 31.6 Å². The van der Waals surface area contributed by atoms with E-state index in [4.69, 9.17) is 4.74 Å². The molecule has 1 aliphatic carbocycles. The molecule has 0 unspecified atom stereocenters. The predicted octanol–water partition coefficient (Wildman–Crippen LogP) is 4.42. The summed E-state index contributed by atoms with van der Waals surface area (Å²) in [5.74, 6) is 1.76. The van der Waals surface area contributed by atoms with Gasteiger partial charge in [0.05, 0.1) is 17.7 Å². The molecule has 142 valence electrons. The van der Waals surface area contributed by atoms with Crippen molar-refractivity contribution in [2.45, 2.75) is 12.8 Å². The molecule has 2 aromatic heterocycles. The van der Waals surface area contributed by atoms with Crippen LogP contribution in [-0.4, -0.2) is 26.8 Å². The van der Waals surface area contributed by atoms with Crippen LogP contribution >= 0.6 is 0 Å². The molecule has 2 N–H and O–H groups in total. The summed E-state index contributed by atoms with van der Waals surface area (Å²) in [6, 6.07) is 15.6. The molecule has 0 bridgehead atoms. The Balaban J connectivity index is 1.50. The number of aromatic amines is 1.